The van der Waals surface area contributed by atoms with Gasteiger partial charge in [0, 0.05) is 5.39 Å². The zero-order chi connectivity index (χ0) is 10.4. The Morgan fingerprint density at radius 2 is 2.20 bits per heavy atom. The maximum absolute atomic E-state index is 13.6. The molecule has 0 aliphatic carbocycles. The number of hydrogen-bond acceptors (Lipinski definition) is 3. The van der Waals surface area contributed by atoms with Crippen molar-refractivity contribution in [3.8, 4) is 0 Å². The lowest BCUT2D eigenvalue weighted by molar-refractivity contribution is 0.636. The van der Waals surface area contributed by atoms with Crippen molar-refractivity contribution in [1.29, 1.82) is 0 Å². The summed E-state index contributed by atoms with van der Waals surface area (Å²) >= 11 is 0. The van der Waals surface area contributed by atoms with Crippen molar-refractivity contribution in [2.45, 2.75) is 6.92 Å². The average molecular weight is 202 g/mol. The summed E-state index contributed by atoms with van der Waals surface area (Å²) in [5.74, 6) is -0.318. The summed E-state index contributed by atoms with van der Waals surface area (Å²) < 4.78 is 13.6. The highest BCUT2D eigenvalue weighted by Crippen LogP contribution is 2.23. The summed E-state index contributed by atoms with van der Waals surface area (Å²) in [5, 5.41) is 11.0. The SMILES string of the molecule is Cc1cc(F)c2ncc3nn[nH]c3c2c1. The molecule has 0 unspecified atom stereocenters. The number of hydrogen-bond donors (Lipinski definition) is 1. The maximum Gasteiger partial charge on any atom is 0.149 e. The number of benzene rings is 1. The molecule has 5 heteroatoms. The van der Waals surface area contributed by atoms with Gasteiger partial charge in [-0.3, -0.25) is 10.1 Å². The predicted molar refractivity (Wildman–Crippen MR) is 53.9 cm³/mol. The van der Waals surface area contributed by atoms with Crippen LogP contribution in [0.1, 0.15) is 5.56 Å². The van der Waals surface area contributed by atoms with E-state index in [1.807, 2.05) is 13.0 Å². The minimum atomic E-state index is -0.318. The summed E-state index contributed by atoms with van der Waals surface area (Å²) in [4.78, 5) is 4.02. The third-order valence-electron chi connectivity index (χ3n) is 2.37. The number of nitrogens with zero attached hydrogens (tertiary/aromatic N) is 3. The fourth-order valence-electron chi connectivity index (χ4n) is 1.71. The Balaban J connectivity index is 2.61. The Labute approximate surface area is 84.1 Å². The average Bonchev–Trinajstić information content (AvgIpc) is 2.65. The van der Waals surface area contributed by atoms with Crippen molar-refractivity contribution >= 4 is 21.9 Å². The number of aryl methyl sites for hydroxylation is 1. The van der Waals surface area contributed by atoms with Gasteiger partial charge in [-0.1, -0.05) is 5.21 Å². The molecule has 74 valence electrons. The van der Waals surface area contributed by atoms with Crippen molar-refractivity contribution in [1.82, 2.24) is 20.4 Å². The summed E-state index contributed by atoms with van der Waals surface area (Å²) in [6, 6.07) is 3.33. The highest BCUT2D eigenvalue weighted by Gasteiger charge is 2.08. The minimum Gasteiger partial charge on any atom is -0.257 e. The van der Waals surface area contributed by atoms with E-state index in [1.54, 1.807) is 0 Å². The molecule has 4 nitrogen and oxygen atoms in total. The van der Waals surface area contributed by atoms with Gasteiger partial charge in [-0.2, -0.15) is 0 Å². The smallest absolute Gasteiger partial charge is 0.149 e. The fourth-order valence-corrected chi connectivity index (χ4v) is 1.71. The van der Waals surface area contributed by atoms with Crippen molar-refractivity contribution < 1.29 is 4.39 Å². The number of rotatable bonds is 0. The van der Waals surface area contributed by atoms with Crippen LogP contribution < -0.4 is 0 Å². The van der Waals surface area contributed by atoms with Crippen molar-refractivity contribution in [3.05, 3.63) is 29.7 Å². The van der Waals surface area contributed by atoms with Gasteiger partial charge in [0.15, 0.2) is 0 Å². The molecule has 0 amide bonds. The number of nitrogens with one attached hydrogen (secondary N) is 1. The predicted octanol–water partition coefficient (Wildman–Crippen LogP) is 1.95. The molecule has 3 aromatic rings. The lowest BCUT2D eigenvalue weighted by Gasteiger charge is -2.00. The Morgan fingerprint density at radius 3 is 3.07 bits per heavy atom. The minimum absolute atomic E-state index is 0.318. The van der Waals surface area contributed by atoms with Crippen LogP contribution in [0.25, 0.3) is 21.9 Å². The Bertz CT molecular complexity index is 659. The van der Waals surface area contributed by atoms with Gasteiger partial charge in [0.1, 0.15) is 16.9 Å². The van der Waals surface area contributed by atoms with E-state index in [4.69, 9.17) is 0 Å². The van der Waals surface area contributed by atoms with Gasteiger partial charge in [-0.05, 0) is 24.6 Å². The zero-order valence-electron chi connectivity index (χ0n) is 7.95. The van der Waals surface area contributed by atoms with E-state index in [1.165, 1.54) is 12.3 Å². The molecule has 2 heterocycles. The fraction of sp³-hybridized carbons (Fsp3) is 0.100. The van der Waals surface area contributed by atoms with Gasteiger partial charge in [0.2, 0.25) is 0 Å². The van der Waals surface area contributed by atoms with E-state index in [0.29, 0.717) is 11.0 Å². The van der Waals surface area contributed by atoms with E-state index in [-0.39, 0.29) is 5.82 Å². The molecule has 0 aliphatic heterocycles. The lowest BCUT2D eigenvalue weighted by atomic mass is 10.1. The number of H-pyrrole nitrogens is 1. The second kappa shape index (κ2) is 2.73. The van der Waals surface area contributed by atoms with E-state index >= 15 is 0 Å². The molecule has 0 saturated heterocycles. The molecule has 0 saturated carbocycles. The van der Waals surface area contributed by atoms with Gasteiger partial charge in [-0.25, -0.2) is 4.39 Å². The molecule has 0 fully saturated rings. The molecule has 1 N–H and O–H groups in total. The summed E-state index contributed by atoms with van der Waals surface area (Å²) in [5.41, 5.74) is 2.57. The van der Waals surface area contributed by atoms with E-state index in [9.17, 15) is 4.39 Å². The molecular weight excluding hydrogens is 195 g/mol. The Hall–Kier alpha value is -2.04. The van der Waals surface area contributed by atoms with E-state index in [2.05, 4.69) is 20.4 Å². The van der Waals surface area contributed by atoms with Crippen LogP contribution >= 0.6 is 0 Å². The quantitative estimate of drug-likeness (QED) is 0.606. The molecule has 3 rings (SSSR count). The number of fused-ring (bicyclic) bond motifs is 3. The van der Waals surface area contributed by atoms with Crippen molar-refractivity contribution in [3.63, 3.8) is 0 Å². The van der Waals surface area contributed by atoms with Crippen LogP contribution in [0.2, 0.25) is 0 Å². The second-order valence-electron chi connectivity index (χ2n) is 3.47. The first-order chi connectivity index (χ1) is 7.25. The number of aromatic nitrogens is 4. The van der Waals surface area contributed by atoms with Crippen LogP contribution in [0.15, 0.2) is 18.3 Å². The van der Waals surface area contributed by atoms with Crippen LogP contribution in [0.4, 0.5) is 4.39 Å². The van der Waals surface area contributed by atoms with Crippen LogP contribution in [-0.2, 0) is 0 Å². The van der Waals surface area contributed by atoms with Crippen LogP contribution in [0.3, 0.4) is 0 Å². The normalized spacial score (nSPS) is 11.3. The van der Waals surface area contributed by atoms with Gasteiger partial charge >= 0.3 is 0 Å². The third kappa shape index (κ3) is 1.09. The van der Waals surface area contributed by atoms with Crippen LogP contribution in [0.5, 0.6) is 0 Å². The van der Waals surface area contributed by atoms with E-state index < -0.39 is 0 Å². The molecule has 15 heavy (non-hydrogen) atoms. The van der Waals surface area contributed by atoms with Gasteiger partial charge in [0.05, 0.1) is 11.7 Å². The van der Waals surface area contributed by atoms with Crippen LogP contribution in [-0.4, -0.2) is 20.4 Å². The molecular formula is C10H7FN4. The monoisotopic (exact) mass is 202 g/mol. The van der Waals surface area contributed by atoms with E-state index in [0.717, 1.165) is 16.5 Å². The van der Waals surface area contributed by atoms with Gasteiger partial charge in [0.25, 0.3) is 0 Å². The van der Waals surface area contributed by atoms with Crippen molar-refractivity contribution in [2.24, 2.45) is 0 Å². The summed E-state index contributed by atoms with van der Waals surface area (Å²) in [6.07, 6.45) is 1.51. The zero-order valence-corrected chi connectivity index (χ0v) is 7.95. The molecule has 0 radical (unpaired) electrons. The van der Waals surface area contributed by atoms with Crippen LogP contribution in [0, 0.1) is 12.7 Å². The molecule has 2 aromatic heterocycles. The number of aromatic amines is 1. The maximum atomic E-state index is 13.6. The highest BCUT2D eigenvalue weighted by molar-refractivity contribution is 6.01. The summed E-state index contributed by atoms with van der Waals surface area (Å²) in [7, 11) is 0. The Morgan fingerprint density at radius 1 is 1.33 bits per heavy atom. The largest absolute Gasteiger partial charge is 0.257 e. The summed E-state index contributed by atoms with van der Waals surface area (Å²) in [6.45, 7) is 1.84. The molecule has 1 aromatic carbocycles. The Kier molecular flexibility index (Phi) is 1.50. The molecule has 0 atom stereocenters. The first-order valence-corrected chi connectivity index (χ1v) is 4.51. The van der Waals surface area contributed by atoms with Gasteiger partial charge in [-0.15, -0.1) is 5.10 Å². The molecule has 0 spiro atoms. The molecule has 0 aliphatic rings. The second-order valence-corrected chi connectivity index (χ2v) is 3.47. The lowest BCUT2D eigenvalue weighted by Crippen LogP contribution is -1.87. The third-order valence-corrected chi connectivity index (χ3v) is 2.37. The highest BCUT2D eigenvalue weighted by atomic mass is 19.1. The van der Waals surface area contributed by atoms with Crippen molar-refractivity contribution in [2.75, 3.05) is 0 Å². The van der Waals surface area contributed by atoms with Gasteiger partial charge < -0.3 is 0 Å². The topological polar surface area (TPSA) is 54.5 Å². The number of halogens is 1. The standard InChI is InChI=1S/C10H7FN4/c1-5-2-6-9(7(11)3-5)12-4-8-10(6)14-15-13-8/h2-4H,1H3,(H,13,14,15). The first kappa shape index (κ1) is 8.28. The molecule has 0 bridgehead atoms. The number of pyridine rings is 1. The first-order valence-electron chi connectivity index (χ1n) is 4.51.